The molecule has 1 fully saturated rings. The van der Waals surface area contributed by atoms with E-state index in [9.17, 15) is 13.2 Å². The van der Waals surface area contributed by atoms with Gasteiger partial charge in [0.1, 0.15) is 10.3 Å². The van der Waals surface area contributed by atoms with E-state index in [1.54, 1.807) is 24.5 Å². The molecule has 0 spiro atoms. The third-order valence-corrected chi connectivity index (χ3v) is 8.64. The van der Waals surface area contributed by atoms with Crippen molar-refractivity contribution in [3.63, 3.8) is 0 Å². The maximum Gasteiger partial charge on any atom is 0.261 e. The Morgan fingerprint density at radius 1 is 1.03 bits per heavy atom. The van der Waals surface area contributed by atoms with E-state index in [0.29, 0.717) is 23.0 Å². The molecule has 1 aliphatic rings. The second-order valence-corrected chi connectivity index (χ2v) is 12.3. The van der Waals surface area contributed by atoms with Crippen molar-refractivity contribution >= 4 is 52.5 Å². The molecule has 5 rings (SSSR count). The van der Waals surface area contributed by atoms with Crippen molar-refractivity contribution in [2.75, 3.05) is 5.32 Å². The van der Waals surface area contributed by atoms with Crippen LogP contribution in [0.4, 0.5) is 5.13 Å². The first kappa shape index (κ1) is 23.8. The number of anilines is 1. The Hall–Kier alpha value is -2.88. The summed E-state index contributed by atoms with van der Waals surface area (Å²) in [6.45, 7) is 0. The van der Waals surface area contributed by atoms with Crippen LogP contribution in [0.15, 0.2) is 65.8 Å². The van der Waals surface area contributed by atoms with E-state index >= 15 is 0 Å². The summed E-state index contributed by atoms with van der Waals surface area (Å²) in [5.41, 5.74) is 3.25. The molecule has 10 heteroatoms. The van der Waals surface area contributed by atoms with Gasteiger partial charge >= 0.3 is 0 Å². The molecule has 1 amide bonds. The highest BCUT2D eigenvalue weighted by Crippen LogP contribution is 2.36. The number of hydrogen-bond acceptors (Lipinski definition) is 7. The van der Waals surface area contributed by atoms with E-state index in [1.165, 1.54) is 36.3 Å². The van der Waals surface area contributed by atoms with Gasteiger partial charge in [-0.2, -0.15) is 0 Å². The summed E-state index contributed by atoms with van der Waals surface area (Å²) >= 11 is 1.33. The zero-order chi connectivity index (χ0) is 24.4. The van der Waals surface area contributed by atoms with Gasteiger partial charge in [-0.1, -0.05) is 49.2 Å². The number of aromatic nitrogens is 3. The molecule has 1 aliphatic carbocycles. The van der Waals surface area contributed by atoms with Gasteiger partial charge in [-0.15, -0.1) is 0 Å². The van der Waals surface area contributed by atoms with Gasteiger partial charge in [0.05, 0.1) is 16.5 Å². The number of benzene rings is 1. The summed E-state index contributed by atoms with van der Waals surface area (Å²) in [6, 6.07) is 13.8. The molecule has 1 N–H and O–H groups in total. The molecule has 4 aromatic rings. The van der Waals surface area contributed by atoms with E-state index < -0.39 is 15.0 Å². The van der Waals surface area contributed by atoms with Crippen LogP contribution in [0.3, 0.4) is 0 Å². The Labute approximate surface area is 212 Å². The molecule has 35 heavy (non-hydrogen) atoms. The quantitative estimate of drug-likeness (QED) is 0.297. The van der Waals surface area contributed by atoms with Crippen LogP contribution in [0.1, 0.15) is 43.6 Å². The van der Waals surface area contributed by atoms with Crippen LogP contribution in [-0.2, 0) is 13.8 Å². The highest BCUT2D eigenvalue weighted by atomic mass is 35.7. The summed E-state index contributed by atoms with van der Waals surface area (Å²) in [6.07, 6.45) is 8.69. The van der Waals surface area contributed by atoms with Gasteiger partial charge in [-0.05, 0) is 54.3 Å². The molecule has 0 saturated heterocycles. The molecule has 3 heterocycles. The maximum atomic E-state index is 13.4. The van der Waals surface area contributed by atoms with Crippen LogP contribution < -0.4 is 5.32 Å². The summed E-state index contributed by atoms with van der Waals surface area (Å²) < 4.78 is 23.3. The van der Waals surface area contributed by atoms with Gasteiger partial charge in [-0.25, -0.2) is 18.4 Å². The second kappa shape index (κ2) is 10.0. The van der Waals surface area contributed by atoms with Crippen LogP contribution in [-0.4, -0.2) is 29.3 Å². The molecule has 0 bridgehead atoms. The van der Waals surface area contributed by atoms with E-state index in [2.05, 4.69) is 15.3 Å². The lowest BCUT2D eigenvalue weighted by Gasteiger charge is -2.20. The van der Waals surface area contributed by atoms with Gasteiger partial charge in [0.2, 0.25) is 5.91 Å². The lowest BCUT2D eigenvalue weighted by Crippen LogP contribution is -2.23. The minimum Gasteiger partial charge on any atom is -0.301 e. The van der Waals surface area contributed by atoms with Gasteiger partial charge < -0.3 is 5.32 Å². The molecule has 0 unspecified atom stereocenters. The molecule has 7 nitrogen and oxygen atoms in total. The molecule has 180 valence electrons. The number of carbonyl (C=O) groups is 1. The van der Waals surface area contributed by atoms with Crippen molar-refractivity contribution in [1.29, 1.82) is 0 Å². The van der Waals surface area contributed by atoms with Crippen molar-refractivity contribution < 1.29 is 13.2 Å². The van der Waals surface area contributed by atoms with E-state index in [4.69, 9.17) is 15.7 Å². The van der Waals surface area contributed by atoms with Gasteiger partial charge in [0, 0.05) is 28.6 Å². The molecule has 1 atom stereocenters. The molecule has 1 aromatic carbocycles. The number of hydrogen-bond donors (Lipinski definition) is 1. The van der Waals surface area contributed by atoms with Gasteiger partial charge in [0.25, 0.3) is 9.05 Å². The van der Waals surface area contributed by atoms with E-state index in [0.717, 1.165) is 34.5 Å². The van der Waals surface area contributed by atoms with Crippen LogP contribution in [0.5, 0.6) is 0 Å². The van der Waals surface area contributed by atoms with Crippen molar-refractivity contribution in [2.24, 2.45) is 5.92 Å². The topological polar surface area (TPSA) is 102 Å². The van der Waals surface area contributed by atoms with E-state index in [-0.39, 0.29) is 10.8 Å². The summed E-state index contributed by atoms with van der Waals surface area (Å²) in [4.78, 5) is 27.5. The number of halogens is 1. The normalized spacial score (nSPS) is 15.3. The third-order valence-electron chi connectivity index (χ3n) is 6.39. The predicted octanol–water partition coefficient (Wildman–Crippen LogP) is 5.98. The number of amides is 1. The lowest BCUT2D eigenvalue weighted by atomic mass is 9.87. The minimum atomic E-state index is -3.82. The summed E-state index contributed by atoms with van der Waals surface area (Å²) in [5, 5.41) is 3.47. The zero-order valence-corrected chi connectivity index (χ0v) is 21.1. The lowest BCUT2D eigenvalue weighted by molar-refractivity contribution is -0.118. The Balaban J connectivity index is 1.40. The van der Waals surface area contributed by atoms with Crippen LogP contribution in [0.2, 0.25) is 0 Å². The number of carbonyl (C=O) groups excluding carboxylic acids is 1. The Bertz CT molecular complexity index is 1450. The molecule has 3 aromatic heterocycles. The monoisotopic (exact) mass is 526 g/mol. The Morgan fingerprint density at radius 2 is 1.74 bits per heavy atom. The minimum absolute atomic E-state index is 0.0187. The standard InChI is InChI=1S/C25H23ClN4O3S2/c26-35(32,33)19-7-5-17(6-8-19)20(15-16-3-1-2-4-16)23(31)30-25-29-22-10-9-21(28-24(22)34-25)18-11-13-27-14-12-18/h5-14,16,20H,1-4,15H2,(H,29,30,31)/t20-/m1/s1. The van der Waals surface area contributed by atoms with Crippen molar-refractivity contribution in [3.05, 3.63) is 66.5 Å². The number of nitrogens with one attached hydrogen (secondary N) is 1. The molecule has 1 saturated carbocycles. The fourth-order valence-electron chi connectivity index (χ4n) is 4.58. The highest BCUT2D eigenvalue weighted by Gasteiger charge is 2.28. The molecular weight excluding hydrogens is 504 g/mol. The Morgan fingerprint density at radius 3 is 2.43 bits per heavy atom. The van der Waals surface area contributed by atoms with Crippen LogP contribution in [0.25, 0.3) is 21.6 Å². The maximum absolute atomic E-state index is 13.4. The molecular formula is C25H23ClN4O3S2. The summed E-state index contributed by atoms with van der Waals surface area (Å²) in [5.74, 6) is -0.119. The second-order valence-electron chi connectivity index (χ2n) is 8.71. The average molecular weight is 527 g/mol. The first-order valence-corrected chi connectivity index (χ1v) is 14.5. The van der Waals surface area contributed by atoms with Crippen molar-refractivity contribution in [1.82, 2.24) is 15.0 Å². The van der Waals surface area contributed by atoms with Crippen LogP contribution in [0, 0.1) is 5.92 Å². The fraction of sp³-hybridized carbons (Fsp3) is 0.280. The van der Waals surface area contributed by atoms with Gasteiger partial charge in [0.15, 0.2) is 5.13 Å². The Kier molecular flexibility index (Phi) is 6.82. The van der Waals surface area contributed by atoms with E-state index in [1.807, 2.05) is 24.3 Å². The summed E-state index contributed by atoms with van der Waals surface area (Å²) in [7, 11) is 1.64. The number of pyridine rings is 2. The van der Waals surface area contributed by atoms with Crippen LogP contribution >= 0.6 is 22.0 Å². The third kappa shape index (κ3) is 5.52. The number of nitrogens with zero attached hydrogens (tertiary/aromatic N) is 3. The number of thiazole rings is 1. The largest absolute Gasteiger partial charge is 0.301 e. The highest BCUT2D eigenvalue weighted by molar-refractivity contribution is 8.13. The molecule has 0 radical (unpaired) electrons. The van der Waals surface area contributed by atoms with Crippen molar-refractivity contribution in [2.45, 2.75) is 42.9 Å². The fourth-order valence-corrected chi connectivity index (χ4v) is 6.19. The zero-order valence-electron chi connectivity index (χ0n) is 18.7. The predicted molar refractivity (Wildman–Crippen MR) is 138 cm³/mol. The van der Waals surface area contributed by atoms with Gasteiger partial charge in [-0.3, -0.25) is 9.78 Å². The number of rotatable bonds is 7. The number of fused-ring (bicyclic) bond motifs is 1. The average Bonchev–Trinajstić information content (AvgIpc) is 3.51. The van der Waals surface area contributed by atoms with Crippen molar-refractivity contribution in [3.8, 4) is 11.3 Å². The first-order valence-electron chi connectivity index (χ1n) is 11.4. The molecule has 0 aliphatic heterocycles. The smallest absolute Gasteiger partial charge is 0.261 e. The first-order chi connectivity index (χ1) is 16.9. The SMILES string of the molecule is O=C(Nc1nc2ccc(-c3ccncc3)nc2s1)[C@H](CC1CCCC1)c1ccc(S(=O)(=O)Cl)cc1.